The smallest absolute Gasteiger partial charge is 0.316 e. The zero-order chi connectivity index (χ0) is 29.8. The van der Waals surface area contributed by atoms with E-state index in [9.17, 15) is 13.6 Å². The first-order chi connectivity index (χ1) is 20.1. The van der Waals surface area contributed by atoms with E-state index < -0.39 is 9.53 Å². The molecule has 8 nitrogen and oxygen atoms in total. The van der Waals surface area contributed by atoms with Gasteiger partial charge in [-0.3, -0.25) is 9.35 Å². The van der Waals surface area contributed by atoms with Gasteiger partial charge in [-0.1, -0.05) is 81.0 Å². The van der Waals surface area contributed by atoms with Crippen molar-refractivity contribution in [1.29, 1.82) is 0 Å². The quantitative estimate of drug-likeness (QED) is 0.261. The number of benzene rings is 2. The minimum atomic E-state index is -3.92. The third kappa shape index (κ3) is 7.08. The second-order valence-electron chi connectivity index (χ2n) is 11.8. The largest absolute Gasteiger partial charge is 0.482 e. The van der Waals surface area contributed by atoms with Crippen molar-refractivity contribution < 1.29 is 13.5 Å². The average Bonchev–Trinajstić information content (AvgIpc) is 3.38. The van der Waals surface area contributed by atoms with Crippen molar-refractivity contribution in [3.05, 3.63) is 81.2 Å². The second-order valence-corrected chi connectivity index (χ2v) is 16.0. The first kappa shape index (κ1) is 30.7. The topological polar surface area (TPSA) is 87.9 Å². The number of ether oxygens (including phenoxy) is 1. The normalized spacial score (nSPS) is 17.1. The van der Waals surface area contributed by atoms with Gasteiger partial charge in [0.05, 0.1) is 11.9 Å². The van der Waals surface area contributed by atoms with Crippen molar-refractivity contribution in [2.75, 3.05) is 43.1 Å². The summed E-state index contributed by atoms with van der Waals surface area (Å²) in [7, 11) is -3.92. The number of fused-ring (bicyclic) bond motifs is 1. The molecule has 0 unspecified atom stereocenters. The van der Waals surface area contributed by atoms with Gasteiger partial charge in [-0.15, -0.1) is 9.53 Å². The van der Waals surface area contributed by atoms with E-state index in [2.05, 4.69) is 29.1 Å². The molecule has 1 aliphatic heterocycles. The van der Waals surface area contributed by atoms with Crippen molar-refractivity contribution in [2.45, 2.75) is 64.4 Å². The average molecular weight is 615 g/mol. The summed E-state index contributed by atoms with van der Waals surface area (Å²) in [6.07, 6.45) is 10.9. The fourth-order valence-electron chi connectivity index (χ4n) is 6.07. The molecule has 1 fully saturated rings. The summed E-state index contributed by atoms with van der Waals surface area (Å²) < 4.78 is 34.6. The summed E-state index contributed by atoms with van der Waals surface area (Å²) >= 11 is 6.22. The maximum Gasteiger partial charge on any atom is 0.316 e. The van der Waals surface area contributed by atoms with Crippen molar-refractivity contribution >= 4 is 26.8 Å². The molecule has 42 heavy (non-hydrogen) atoms. The highest BCUT2D eigenvalue weighted by Gasteiger charge is 2.34. The Kier molecular flexibility index (Phi) is 9.42. The number of hydrogen-bond donors (Lipinski definition) is 1. The number of piperazine rings is 1. The lowest BCUT2D eigenvalue weighted by Gasteiger charge is -2.52. The highest BCUT2D eigenvalue weighted by molar-refractivity contribution is 8.12. The van der Waals surface area contributed by atoms with Crippen LogP contribution in [0.15, 0.2) is 59.5 Å². The monoisotopic (exact) mass is 614 g/mol. The Labute approximate surface area is 254 Å². The SMILES string of the molecule is CCCCCCCCS(C)(=O)(O)N1CCN(c2cnn(-c3cccc(Cl)c3)c(=O)c2OC2Cc3ccccc3C2)CC1. The molecule has 0 atom stereocenters. The molecule has 2 aromatic carbocycles. The summed E-state index contributed by atoms with van der Waals surface area (Å²) in [4.78, 5) is 16.0. The summed E-state index contributed by atoms with van der Waals surface area (Å²) in [5.41, 5.74) is 3.29. The molecular weight excluding hydrogens is 572 g/mol. The molecule has 1 saturated heterocycles. The molecular formula is C32H43ClN4O4S. The van der Waals surface area contributed by atoms with E-state index in [1.54, 1.807) is 34.8 Å². The van der Waals surface area contributed by atoms with E-state index in [1.165, 1.54) is 41.3 Å². The summed E-state index contributed by atoms with van der Waals surface area (Å²) in [6, 6.07) is 15.3. The molecule has 0 saturated carbocycles. The van der Waals surface area contributed by atoms with Crippen LogP contribution in [0.2, 0.25) is 5.02 Å². The molecule has 10 heteroatoms. The van der Waals surface area contributed by atoms with Crippen LogP contribution in [0.4, 0.5) is 5.69 Å². The molecule has 1 aromatic heterocycles. The fourth-order valence-corrected chi connectivity index (χ4v) is 8.48. The van der Waals surface area contributed by atoms with Crippen LogP contribution < -0.4 is 15.2 Å². The van der Waals surface area contributed by atoms with Crippen molar-refractivity contribution in [3.63, 3.8) is 0 Å². The molecule has 1 aliphatic carbocycles. The number of rotatable bonds is 12. The molecule has 0 spiro atoms. The standard InChI is InChI=1S/C32H43ClN4O4S/c1-3-4-5-6-7-10-20-42(2,39,40)36-18-16-35(17-19-36)30-24-34-37(28-15-11-14-27(33)23-28)32(38)31(30)41-29-21-25-12-8-9-13-26(25)22-29/h8-9,11-15,23-24,29H,3-7,10,16-22H2,1-2H3,(H,39,40). The van der Waals surface area contributed by atoms with Crippen LogP contribution in [0, 0.1) is 0 Å². The lowest BCUT2D eigenvalue weighted by atomic mass is 10.1. The van der Waals surface area contributed by atoms with Gasteiger partial charge in [-0.05, 0) is 35.7 Å². The highest BCUT2D eigenvalue weighted by Crippen LogP contribution is 2.33. The maximum absolute atomic E-state index is 13.9. The van der Waals surface area contributed by atoms with E-state index in [0.717, 1.165) is 32.1 Å². The van der Waals surface area contributed by atoms with Crippen LogP contribution in [0.3, 0.4) is 0 Å². The molecule has 2 aliphatic rings. The number of nitrogens with zero attached hydrogens (tertiary/aromatic N) is 4. The number of halogens is 1. The van der Waals surface area contributed by atoms with Gasteiger partial charge < -0.3 is 9.64 Å². The zero-order valence-corrected chi connectivity index (χ0v) is 26.3. The summed E-state index contributed by atoms with van der Waals surface area (Å²) in [5.74, 6) is 0.540. The third-order valence-corrected chi connectivity index (χ3v) is 11.6. The number of anilines is 1. The van der Waals surface area contributed by atoms with Crippen LogP contribution in [-0.2, 0) is 22.4 Å². The zero-order valence-electron chi connectivity index (χ0n) is 24.7. The van der Waals surface area contributed by atoms with Gasteiger partial charge in [0.1, 0.15) is 11.8 Å². The Morgan fingerprint density at radius 3 is 2.31 bits per heavy atom. The van der Waals surface area contributed by atoms with E-state index in [1.807, 2.05) is 12.1 Å². The van der Waals surface area contributed by atoms with Gasteiger partial charge in [0.25, 0.3) is 0 Å². The molecule has 0 bridgehead atoms. The first-order valence-electron chi connectivity index (χ1n) is 15.1. The number of hydrogen-bond acceptors (Lipinski definition) is 5. The van der Waals surface area contributed by atoms with Crippen LogP contribution in [0.1, 0.15) is 56.6 Å². The lowest BCUT2D eigenvalue weighted by Crippen LogP contribution is -2.59. The van der Waals surface area contributed by atoms with Gasteiger partial charge in [0.2, 0.25) is 5.75 Å². The minimum absolute atomic E-state index is 0.168. The van der Waals surface area contributed by atoms with Crippen molar-refractivity contribution in [1.82, 2.24) is 14.1 Å². The number of unbranched alkanes of at least 4 members (excludes halogenated alkanes) is 5. The van der Waals surface area contributed by atoms with Crippen LogP contribution in [0.5, 0.6) is 5.75 Å². The first-order valence-corrected chi connectivity index (χ1v) is 18.0. The Balaban J connectivity index is 1.34. The Morgan fingerprint density at radius 1 is 0.976 bits per heavy atom. The van der Waals surface area contributed by atoms with Crippen LogP contribution in [-0.4, -0.2) is 67.1 Å². The summed E-state index contributed by atoms with van der Waals surface area (Å²) in [6.45, 7) is 4.00. The lowest BCUT2D eigenvalue weighted by molar-refractivity contribution is 0.209. The predicted octanol–water partition coefficient (Wildman–Crippen LogP) is 5.75. The van der Waals surface area contributed by atoms with Gasteiger partial charge >= 0.3 is 5.56 Å². The van der Waals surface area contributed by atoms with Gasteiger partial charge in [0.15, 0.2) is 0 Å². The molecule has 3 aromatic rings. The highest BCUT2D eigenvalue weighted by atomic mass is 35.5. The van der Waals surface area contributed by atoms with Gasteiger partial charge in [-0.2, -0.15) is 14.0 Å². The molecule has 0 amide bonds. The Morgan fingerprint density at radius 2 is 1.64 bits per heavy atom. The van der Waals surface area contributed by atoms with Crippen molar-refractivity contribution in [3.8, 4) is 11.4 Å². The van der Waals surface area contributed by atoms with E-state index >= 15 is 0 Å². The summed E-state index contributed by atoms with van der Waals surface area (Å²) in [5, 5.41) is 5.01. The number of aromatic nitrogens is 2. The minimum Gasteiger partial charge on any atom is -0.482 e. The van der Waals surface area contributed by atoms with E-state index in [4.69, 9.17) is 16.3 Å². The van der Waals surface area contributed by atoms with E-state index in [0.29, 0.717) is 42.6 Å². The maximum atomic E-state index is 13.9. The Bertz CT molecular complexity index is 1490. The van der Waals surface area contributed by atoms with E-state index in [-0.39, 0.29) is 23.2 Å². The van der Waals surface area contributed by atoms with Gasteiger partial charge in [0, 0.05) is 56.1 Å². The molecule has 228 valence electrons. The van der Waals surface area contributed by atoms with Crippen molar-refractivity contribution in [2.24, 2.45) is 0 Å². The molecule has 1 N–H and O–H groups in total. The molecule has 0 radical (unpaired) electrons. The third-order valence-electron chi connectivity index (χ3n) is 8.47. The molecule has 5 rings (SSSR count). The second kappa shape index (κ2) is 12.9. The Hall–Kier alpha value is -2.72. The molecule has 2 heterocycles. The fraction of sp³-hybridized carbons (Fsp3) is 0.500. The van der Waals surface area contributed by atoms with Crippen LogP contribution in [0.25, 0.3) is 5.69 Å². The predicted molar refractivity (Wildman–Crippen MR) is 172 cm³/mol. The van der Waals surface area contributed by atoms with Gasteiger partial charge in [-0.25, -0.2) is 4.31 Å². The van der Waals surface area contributed by atoms with Crippen LogP contribution >= 0.6 is 11.6 Å².